The SMILES string of the molecule is COc1ccc(N2C(=O)NC(c3ccc(C#N)cc3)C(C(=O)N3CCOCC3)=C2C)cc1. The van der Waals surface area contributed by atoms with Crippen LogP contribution in [0.15, 0.2) is 59.8 Å². The minimum Gasteiger partial charge on any atom is -0.497 e. The molecule has 2 aliphatic rings. The molecule has 0 spiro atoms. The number of ether oxygens (including phenoxy) is 2. The van der Waals surface area contributed by atoms with Crippen molar-refractivity contribution in [3.63, 3.8) is 0 Å². The molecule has 2 aromatic carbocycles. The minimum atomic E-state index is -0.625. The molecule has 8 nitrogen and oxygen atoms in total. The van der Waals surface area contributed by atoms with Crippen LogP contribution in [-0.2, 0) is 9.53 Å². The molecule has 0 aliphatic carbocycles. The zero-order valence-electron chi connectivity index (χ0n) is 18.0. The fourth-order valence-corrected chi connectivity index (χ4v) is 4.00. The van der Waals surface area contributed by atoms with Gasteiger partial charge in [0.1, 0.15) is 5.75 Å². The Morgan fingerprint density at radius 1 is 1.12 bits per heavy atom. The third kappa shape index (κ3) is 4.03. The maximum absolute atomic E-state index is 13.6. The smallest absolute Gasteiger partial charge is 0.326 e. The van der Waals surface area contributed by atoms with Crippen LogP contribution < -0.4 is 15.0 Å². The van der Waals surface area contributed by atoms with Crippen molar-refractivity contribution in [2.24, 2.45) is 0 Å². The van der Waals surface area contributed by atoms with E-state index in [0.717, 1.165) is 5.56 Å². The zero-order valence-corrected chi connectivity index (χ0v) is 18.0. The van der Waals surface area contributed by atoms with Gasteiger partial charge in [-0.05, 0) is 48.9 Å². The van der Waals surface area contributed by atoms with Gasteiger partial charge in [-0.1, -0.05) is 12.1 Å². The number of allylic oxidation sites excluding steroid dienone is 1. The number of amides is 3. The van der Waals surface area contributed by atoms with Gasteiger partial charge in [-0.2, -0.15) is 5.26 Å². The van der Waals surface area contributed by atoms with Crippen molar-refractivity contribution in [3.05, 3.63) is 70.9 Å². The standard InChI is InChI=1S/C24H24N4O4/c1-16-21(23(29)27-11-13-32-14-12-27)22(18-5-3-17(15-25)4-6-18)26-24(30)28(16)19-7-9-20(31-2)10-8-19/h3-10,22H,11-14H2,1-2H3,(H,26,30). The van der Waals surface area contributed by atoms with Crippen molar-refractivity contribution >= 4 is 17.6 Å². The predicted molar refractivity (Wildman–Crippen MR) is 118 cm³/mol. The van der Waals surface area contributed by atoms with E-state index in [1.54, 1.807) is 67.5 Å². The molecule has 1 fully saturated rings. The highest BCUT2D eigenvalue weighted by molar-refractivity contribution is 6.04. The van der Waals surface area contributed by atoms with Crippen LogP contribution in [0.2, 0.25) is 0 Å². The summed E-state index contributed by atoms with van der Waals surface area (Å²) in [5.74, 6) is 0.534. The first-order chi connectivity index (χ1) is 15.5. The lowest BCUT2D eigenvalue weighted by molar-refractivity contribution is -0.131. The molecule has 4 rings (SSSR count). The molecule has 2 aromatic rings. The van der Waals surface area contributed by atoms with Gasteiger partial charge in [0.2, 0.25) is 0 Å². The van der Waals surface area contributed by atoms with Gasteiger partial charge in [-0.25, -0.2) is 4.79 Å². The lowest BCUT2D eigenvalue weighted by atomic mass is 9.93. The molecule has 164 valence electrons. The number of urea groups is 1. The molecule has 8 heteroatoms. The van der Waals surface area contributed by atoms with E-state index in [4.69, 9.17) is 14.7 Å². The van der Waals surface area contributed by atoms with E-state index in [1.807, 2.05) is 0 Å². The number of carbonyl (C=O) groups is 2. The Labute approximate surface area is 186 Å². The summed E-state index contributed by atoms with van der Waals surface area (Å²) in [5.41, 5.74) is 2.93. The Bertz CT molecular complexity index is 1080. The molecule has 0 bridgehead atoms. The molecule has 0 aromatic heterocycles. The van der Waals surface area contributed by atoms with Crippen LogP contribution in [0.25, 0.3) is 0 Å². The maximum atomic E-state index is 13.6. The summed E-state index contributed by atoms with van der Waals surface area (Å²) in [6.07, 6.45) is 0. The molecule has 3 amide bonds. The lowest BCUT2D eigenvalue weighted by Gasteiger charge is -2.38. The van der Waals surface area contributed by atoms with Crippen molar-refractivity contribution in [3.8, 4) is 11.8 Å². The number of methoxy groups -OCH3 is 1. The van der Waals surface area contributed by atoms with Gasteiger partial charge in [0.25, 0.3) is 5.91 Å². The Morgan fingerprint density at radius 3 is 2.38 bits per heavy atom. The van der Waals surface area contributed by atoms with Crippen LogP contribution in [0, 0.1) is 11.3 Å². The Balaban J connectivity index is 1.79. The van der Waals surface area contributed by atoms with Crippen LogP contribution in [0.4, 0.5) is 10.5 Å². The number of benzene rings is 2. The highest BCUT2D eigenvalue weighted by atomic mass is 16.5. The number of carbonyl (C=O) groups excluding carboxylic acids is 2. The molecule has 1 saturated heterocycles. The quantitative estimate of drug-likeness (QED) is 0.802. The maximum Gasteiger partial charge on any atom is 0.326 e. The largest absolute Gasteiger partial charge is 0.497 e. The van der Waals surface area contributed by atoms with Gasteiger partial charge in [0.15, 0.2) is 0 Å². The summed E-state index contributed by atoms with van der Waals surface area (Å²) in [5, 5.41) is 12.1. The van der Waals surface area contributed by atoms with Gasteiger partial charge in [0, 0.05) is 18.8 Å². The molecule has 1 unspecified atom stereocenters. The van der Waals surface area contributed by atoms with E-state index < -0.39 is 6.04 Å². The predicted octanol–water partition coefficient (Wildman–Crippen LogP) is 2.97. The normalized spacial score (nSPS) is 18.8. The van der Waals surface area contributed by atoms with E-state index in [-0.39, 0.29) is 11.9 Å². The summed E-state index contributed by atoms with van der Waals surface area (Å²) >= 11 is 0. The number of rotatable bonds is 4. The van der Waals surface area contributed by atoms with Crippen LogP contribution in [0.3, 0.4) is 0 Å². The van der Waals surface area contributed by atoms with E-state index in [0.29, 0.717) is 54.6 Å². The molecule has 2 heterocycles. The number of morpholine rings is 1. The topological polar surface area (TPSA) is 94.9 Å². The summed E-state index contributed by atoms with van der Waals surface area (Å²) in [6.45, 7) is 3.73. The average molecular weight is 432 g/mol. The van der Waals surface area contributed by atoms with Crippen LogP contribution in [0.5, 0.6) is 5.75 Å². The first kappa shape index (κ1) is 21.4. The van der Waals surface area contributed by atoms with Crippen molar-refractivity contribution in [1.82, 2.24) is 10.2 Å². The Hall–Kier alpha value is -3.83. The molecule has 32 heavy (non-hydrogen) atoms. The summed E-state index contributed by atoms with van der Waals surface area (Å²) in [4.78, 5) is 30.0. The van der Waals surface area contributed by atoms with E-state index >= 15 is 0 Å². The van der Waals surface area contributed by atoms with Gasteiger partial charge < -0.3 is 19.7 Å². The molecule has 0 radical (unpaired) electrons. The second-order valence-corrected chi connectivity index (χ2v) is 7.55. The van der Waals surface area contributed by atoms with Gasteiger partial charge in [-0.15, -0.1) is 0 Å². The second kappa shape index (κ2) is 9.12. The Morgan fingerprint density at radius 2 is 1.78 bits per heavy atom. The number of anilines is 1. The molecule has 1 atom stereocenters. The number of hydrogen-bond acceptors (Lipinski definition) is 5. The number of nitrogens with zero attached hydrogens (tertiary/aromatic N) is 3. The van der Waals surface area contributed by atoms with Crippen molar-refractivity contribution in [1.29, 1.82) is 5.26 Å². The van der Waals surface area contributed by atoms with Crippen LogP contribution in [0.1, 0.15) is 24.1 Å². The first-order valence-corrected chi connectivity index (χ1v) is 10.4. The second-order valence-electron chi connectivity index (χ2n) is 7.55. The molecule has 0 saturated carbocycles. The van der Waals surface area contributed by atoms with Crippen LogP contribution in [-0.4, -0.2) is 50.3 Å². The fourth-order valence-electron chi connectivity index (χ4n) is 4.00. The van der Waals surface area contributed by atoms with Crippen LogP contribution >= 0.6 is 0 Å². The van der Waals surface area contributed by atoms with Gasteiger partial charge >= 0.3 is 6.03 Å². The fraction of sp³-hybridized carbons (Fsp3) is 0.292. The number of nitrogens with one attached hydrogen (secondary N) is 1. The summed E-state index contributed by atoms with van der Waals surface area (Å²) in [7, 11) is 1.58. The van der Waals surface area contributed by atoms with Crippen molar-refractivity contribution in [2.75, 3.05) is 38.3 Å². The van der Waals surface area contributed by atoms with E-state index in [1.165, 1.54) is 4.90 Å². The molecular weight excluding hydrogens is 408 g/mol. The summed E-state index contributed by atoms with van der Waals surface area (Å²) < 4.78 is 10.6. The number of nitriles is 1. The van der Waals surface area contributed by atoms with Crippen molar-refractivity contribution in [2.45, 2.75) is 13.0 Å². The van der Waals surface area contributed by atoms with Crippen molar-refractivity contribution < 1.29 is 19.1 Å². The minimum absolute atomic E-state index is 0.140. The third-order valence-corrected chi connectivity index (χ3v) is 5.72. The third-order valence-electron chi connectivity index (χ3n) is 5.72. The first-order valence-electron chi connectivity index (χ1n) is 10.4. The lowest BCUT2D eigenvalue weighted by Crippen LogP contribution is -2.51. The monoisotopic (exact) mass is 432 g/mol. The van der Waals surface area contributed by atoms with Gasteiger partial charge in [-0.3, -0.25) is 9.69 Å². The summed E-state index contributed by atoms with van der Waals surface area (Å²) in [6, 6.07) is 15.1. The zero-order chi connectivity index (χ0) is 22.7. The highest BCUT2D eigenvalue weighted by Crippen LogP contribution is 2.35. The van der Waals surface area contributed by atoms with E-state index in [9.17, 15) is 9.59 Å². The van der Waals surface area contributed by atoms with E-state index in [2.05, 4.69) is 11.4 Å². The molecular formula is C24H24N4O4. The molecule has 2 aliphatic heterocycles. The Kier molecular flexibility index (Phi) is 6.10. The molecule has 1 N–H and O–H groups in total. The highest BCUT2D eigenvalue weighted by Gasteiger charge is 2.38. The van der Waals surface area contributed by atoms with Gasteiger partial charge in [0.05, 0.1) is 49.3 Å². The average Bonchev–Trinajstić information content (AvgIpc) is 2.84. The number of hydrogen-bond donors (Lipinski definition) is 1.